The highest BCUT2D eigenvalue weighted by Crippen LogP contribution is 2.33. The first-order chi connectivity index (χ1) is 14.7. The number of hydrogen-bond donors (Lipinski definition) is 2. The SMILES string of the molecule is NS(=O)(=O)c1cc(C(=O)OCC(=O)Nc2ccccc2Sc2ccccc2)ccc1Cl. The zero-order valence-corrected chi connectivity index (χ0v) is 18.3. The molecule has 31 heavy (non-hydrogen) atoms. The molecule has 0 aromatic heterocycles. The van der Waals surface area contributed by atoms with Gasteiger partial charge in [-0.1, -0.05) is 53.7 Å². The number of anilines is 1. The second-order valence-electron chi connectivity index (χ2n) is 6.23. The van der Waals surface area contributed by atoms with Crippen molar-refractivity contribution in [3.63, 3.8) is 0 Å². The number of rotatable bonds is 7. The predicted molar refractivity (Wildman–Crippen MR) is 119 cm³/mol. The standard InChI is InChI=1S/C21H17ClN2O5S2/c22-16-11-10-14(12-19(16)31(23,27)28)21(26)29-13-20(25)24-17-8-4-5-9-18(17)30-15-6-2-1-3-7-15/h1-12H,13H2,(H,24,25)(H2,23,27,28). The first-order valence-corrected chi connectivity index (χ1v) is 11.6. The average Bonchev–Trinajstić information content (AvgIpc) is 2.73. The number of nitrogens with two attached hydrogens (primary N) is 1. The number of nitrogens with one attached hydrogen (secondary N) is 1. The molecule has 0 fully saturated rings. The van der Waals surface area contributed by atoms with Crippen LogP contribution in [0.15, 0.2) is 87.5 Å². The van der Waals surface area contributed by atoms with E-state index in [9.17, 15) is 18.0 Å². The van der Waals surface area contributed by atoms with E-state index >= 15 is 0 Å². The second kappa shape index (κ2) is 9.97. The maximum Gasteiger partial charge on any atom is 0.338 e. The molecule has 3 N–H and O–H groups in total. The van der Waals surface area contributed by atoms with Crippen LogP contribution in [0, 0.1) is 0 Å². The zero-order valence-electron chi connectivity index (χ0n) is 15.9. The maximum absolute atomic E-state index is 12.3. The molecular formula is C21H17ClN2O5S2. The molecule has 160 valence electrons. The van der Waals surface area contributed by atoms with E-state index in [1.54, 1.807) is 12.1 Å². The number of primary sulfonamides is 1. The van der Waals surface area contributed by atoms with E-state index in [0.717, 1.165) is 15.9 Å². The van der Waals surface area contributed by atoms with Crippen LogP contribution >= 0.6 is 23.4 Å². The Hall–Kier alpha value is -2.85. The van der Waals surface area contributed by atoms with Crippen molar-refractivity contribution >= 4 is 50.9 Å². The minimum Gasteiger partial charge on any atom is -0.452 e. The fraction of sp³-hybridized carbons (Fsp3) is 0.0476. The number of carbonyl (C=O) groups is 2. The van der Waals surface area contributed by atoms with Gasteiger partial charge in [-0.25, -0.2) is 18.4 Å². The van der Waals surface area contributed by atoms with E-state index in [4.69, 9.17) is 21.5 Å². The Bertz CT molecular complexity index is 1220. The van der Waals surface area contributed by atoms with Gasteiger partial charge in [0.1, 0.15) is 4.90 Å². The smallest absolute Gasteiger partial charge is 0.338 e. The number of hydrogen-bond acceptors (Lipinski definition) is 6. The molecule has 0 bridgehead atoms. The lowest BCUT2D eigenvalue weighted by molar-refractivity contribution is -0.119. The molecule has 0 saturated heterocycles. The van der Waals surface area contributed by atoms with Crippen LogP contribution in [0.4, 0.5) is 5.69 Å². The molecule has 0 spiro atoms. The van der Waals surface area contributed by atoms with Gasteiger partial charge >= 0.3 is 5.97 Å². The molecule has 10 heteroatoms. The van der Waals surface area contributed by atoms with Gasteiger partial charge in [-0.2, -0.15) is 0 Å². The monoisotopic (exact) mass is 476 g/mol. The number of esters is 1. The lowest BCUT2D eigenvalue weighted by atomic mass is 10.2. The van der Waals surface area contributed by atoms with Gasteiger partial charge in [-0.05, 0) is 42.5 Å². The summed E-state index contributed by atoms with van der Waals surface area (Å²) in [6, 6.07) is 20.4. The van der Waals surface area contributed by atoms with Crippen molar-refractivity contribution in [3.05, 3.63) is 83.4 Å². The zero-order chi connectivity index (χ0) is 22.4. The average molecular weight is 477 g/mol. The topological polar surface area (TPSA) is 116 Å². The fourth-order valence-corrected chi connectivity index (χ4v) is 4.52. The van der Waals surface area contributed by atoms with E-state index in [2.05, 4.69) is 5.32 Å². The van der Waals surface area contributed by atoms with Gasteiger partial charge in [-0.15, -0.1) is 0 Å². The first-order valence-electron chi connectivity index (χ1n) is 8.85. The third-order valence-corrected chi connectivity index (χ3v) is 6.42. The summed E-state index contributed by atoms with van der Waals surface area (Å²) in [6.45, 7) is -0.559. The number of ether oxygens (including phenoxy) is 1. The number of benzene rings is 3. The van der Waals surface area contributed by atoms with Crippen LogP contribution in [-0.4, -0.2) is 26.9 Å². The lowest BCUT2D eigenvalue weighted by Crippen LogP contribution is -2.21. The molecule has 0 aliphatic carbocycles. The van der Waals surface area contributed by atoms with Gasteiger partial charge in [0.05, 0.1) is 16.3 Å². The fourth-order valence-electron chi connectivity index (χ4n) is 2.52. The highest BCUT2D eigenvalue weighted by molar-refractivity contribution is 7.99. The summed E-state index contributed by atoms with van der Waals surface area (Å²) in [6.07, 6.45) is 0. The Kier molecular flexibility index (Phi) is 7.34. The van der Waals surface area contributed by atoms with Crippen molar-refractivity contribution in [2.75, 3.05) is 11.9 Å². The van der Waals surface area contributed by atoms with E-state index in [1.807, 2.05) is 42.5 Å². The molecule has 0 atom stereocenters. The third kappa shape index (κ3) is 6.31. The van der Waals surface area contributed by atoms with Crippen LogP contribution in [0.25, 0.3) is 0 Å². The molecule has 1 amide bonds. The van der Waals surface area contributed by atoms with E-state index in [0.29, 0.717) is 5.69 Å². The third-order valence-electron chi connectivity index (χ3n) is 3.94. The Morgan fingerprint density at radius 1 is 1.00 bits per heavy atom. The van der Waals surface area contributed by atoms with Crippen LogP contribution < -0.4 is 10.5 Å². The normalized spacial score (nSPS) is 11.0. The summed E-state index contributed by atoms with van der Waals surface area (Å²) < 4.78 is 28.1. The molecule has 0 aliphatic heterocycles. The minimum atomic E-state index is -4.11. The Morgan fingerprint density at radius 3 is 2.39 bits per heavy atom. The molecule has 0 unspecified atom stereocenters. The summed E-state index contributed by atoms with van der Waals surface area (Å²) in [5.74, 6) is -1.43. The highest BCUT2D eigenvalue weighted by Gasteiger charge is 2.18. The largest absolute Gasteiger partial charge is 0.452 e. The van der Waals surface area contributed by atoms with Crippen LogP contribution in [0.5, 0.6) is 0 Å². The molecule has 0 saturated carbocycles. The van der Waals surface area contributed by atoms with Gasteiger partial charge < -0.3 is 10.1 Å². The van der Waals surface area contributed by atoms with E-state index < -0.39 is 33.4 Å². The number of amides is 1. The van der Waals surface area contributed by atoms with Gasteiger partial charge in [-0.3, -0.25) is 4.79 Å². The maximum atomic E-state index is 12.3. The Balaban J connectivity index is 1.64. The number of carbonyl (C=O) groups excluding carboxylic acids is 2. The van der Waals surface area contributed by atoms with Crippen LogP contribution in [0.3, 0.4) is 0 Å². The molecule has 7 nitrogen and oxygen atoms in total. The quantitative estimate of drug-likeness (QED) is 0.499. The summed E-state index contributed by atoms with van der Waals surface area (Å²) in [7, 11) is -4.11. The predicted octanol–water partition coefficient (Wildman–Crippen LogP) is 3.93. The van der Waals surface area contributed by atoms with Crippen LogP contribution in [0.1, 0.15) is 10.4 Å². The number of sulfonamides is 1. The molecule has 3 aromatic rings. The Labute approximate surface area is 188 Å². The van der Waals surface area contributed by atoms with Crippen LogP contribution in [0.2, 0.25) is 5.02 Å². The molecular weight excluding hydrogens is 460 g/mol. The number of halogens is 1. The molecule has 3 aromatic carbocycles. The van der Waals surface area contributed by atoms with Gasteiger partial charge in [0, 0.05) is 9.79 Å². The molecule has 0 aliphatic rings. The lowest BCUT2D eigenvalue weighted by Gasteiger charge is -2.11. The first kappa shape index (κ1) is 22.8. The Morgan fingerprint density at radius 2 is 1.68 bits per heavy atom. The van der Waals surface area contributed by atoms with Crippen molar-refractivity contribution in [1.82, 2.24) is 0 Å². The van der Waals surface area contributed by atoms with E-state index in [1.165, 1.54) is 23.9 Å². The van der Waals surface area contributed by atoms with E-state index in [-0.39, 0.29) is 10.6 Å². The highest BCUT2D eigenvalue weighted by atomic mass is 35.5. The molecule has 0 heterocycles. The summed E-state index contributed by atoms with van der Waals surface area (Å²) in [4.78, 5) is 25.9. The van der Waals surface area contributed by atoms with Gasteiger partial charge in [0.2, 0.25) is 10.0 Å². The minimum absolute atomic E-state index is 0.0961. The van der Waals surface area contributed by atoms with Gasteiger partial charge in [0.25, 0.3) is 5.91 Å². The second-order valence-corrected chi connectivity index (χ2v) is 9.28. The summed E-state index contributed by atoms with van der Waals surface area (Å²) in [5.41, 5.74) is 0.474. The molecule has 3 rings (SSSR count). The van der Waals surface area contributed by atoms with Crippen molar-refractivity contribution < 1.29 is 22.7 Å². The summed E-state index contributed by atoms with van der Waals surface area (Å²) >= 11 is 7.28. The summed E-state index contributed by atoms with van der Waals surface area (Å²) in [5, 5.41) is 7.66. The van der Waals surface area contributed by atoms with Gasteiger partial charge in [0.15, 0.2) is 6.61 Å². The molecule has 0 radical (unpaired) electrons. The van der Waals surface area contributed by atoms with Crippen LogP contribution in [-0.2, 0) is 19.6 Å². The van der Waals surface area contributed by atoms with Crippen molar-refractivity contribution in [2.45, 2.75) is 14.7 Å². The van der Waals surface area contributed by atoms with Crippen molar-refractivity contribution in [3.8, 4) is 0 Å². The van der Waals surface area contributed by atoms with Crippen molar-refractivity contribution in [1.29, 1.82) is 0 Å². The van der Waals surface area contributed by atoms with Crippen molar-refractivity contribution in [2.24, 2.45) is 5.14 Å². The number of para-hydroxylation sites is 1.